The summed E-state index contributed by atoms with van der Waals surface area (Å²) in [5.41, 5.74) is 2.93. The molecule has 0 amide bonds. The van der Waals surface area contributed by atoms with E-state index in [-0.39, 0.29) is 0 Å². The minimum Gasteiger partial charge on any atom is -0.385 e. The van der Waals surface area contributed by atoms with Crippen LogP contribution in [0.25, 0.3) is 0 Å². The van der Waals surface area contributed by atoms with Gasteiger partial charge in [-0.15, -0.1) is 0 Å². The topological polar surface area (TPSA) is 12.0 Å². The summed E-state index contributed by atoms with van der Waals surface area (Å²) in [4.78, 5) is 0. The third-order valence-electron chi connectivity index (χ3n) is 2.45. The van der Waals surface area contributed by atoms with Gasteiger partial charge in [0.1, 0.15) is 0 Å². The van der Waals surface area contributed by atoms with Crippen molar-refractivity contribution in [2.45, 2.75) is 18.9 Å². The Kier molecular flexibility index (Phi) is 1.86. The standard InChI is InChI=1S/C11H13N/c1-2-12-11-8-7-9-5-3-4-6-10(9)11/h2-6,11-12H,1,7-8H2. The van der Waals surface area contributed by atoms with Crippen LogP contribution in [0.1, 0.15) is 23.6 Å². The SMILES string of the molecule is C=CNC1CCc2ccccc21. The average Bonchev–Trinajstić information content (AvgIpc) is 2.50. The molecule has 1 unspecified atom stereocenters. The van der Waals surface area contributed by atoms with Crippen molar-refractivity contribution in [3.63, 3.8) is 0 Å². The van der Waals surface area contributed by atoms with E-state index in [1.165, 1.54) is 24.0 Å². The fourth-order valence-corrected chi connectivity index (χ4v) is 1.87. The van der Waals surface area contributed by atoms with Crippen LogP contribution in [0, 0.1) is 0 Å². The quantitative estimate of drug-likeness (QED) is 0.698. The minimum atomic E-state index is 0.499. The number of benzene rings is 1. The maximum absolute atomic E-state index is 3.69. The fourth-order valence-electron chi connectivity index (χ4n) is 1.87. The summed E-state index contributed by atoms with van der Waals surface area (Å²) in [7, 11) is 0. The van der Waals surface area contributed by atoms with Gasteiger partial charge in [0, 0.05) is 0 Å². The summed E-state index contributed by atoms with van der Waals surface area (Å²) in [5.74, 6) is 0. The predicted molar refractivity (Wildman–Crippen MR) is 50.8 cm³/mol. The largest absolute Gasteiger partial charge is 0.385 e. The maximum Gasteiger partial charge on any atom is 0.0514 e. The minimum absolute atomic E-state index is 0.499. The van der Waals surface area contributed by atoms with Crippen LogP contribution in [0.5, 0.6) is 0 Å². The Bertz CT molecular complexity index is 291. The third kappa shape index (κ3) is 1.11. The summed E-state index contributed by atoms with van der Waals surface area (Å²) in [5, 5.41) is 3.26. The molecule has 1 atom stereocenters. The Morgan fingerprint density at radius 3 is 3.08 bits per heavy atom. The first-order valence-electron chi connectivity index (χ1n) is 4.36. The molecule has 1 aromatic carbocycles. The highest BCUT2D eigenvalue weighted by Gasteiger charge is 2.19. The van der Waals surface area contributed by atoms with Crippen molar-refractivity contribution >= 4 is 0 Å². The van der Waals surface area contributed by atoms with Gasteiger partial charge in [-0.05, 0) is 30.2 Å². The second-order valence-corrected chi connectivity index (χ2v) is 3.16. The molecular formula is C11H13N. The Morgan fingerprint density at radius 2 is 2.25 bits per heavy atom. The predicted octanol–water partition coefficient (Wildman–Crippen LogP) is 2.41. The van der Waals surface area contributed by atoms with Crippen molar-refractivity contribution in [1.82, 2.24) is 5.32 Å². The highest BCUT2D eigenvalue weighted by Crippen LogP contribution is 2.30. The van der Waals surface area contributed by atoms with Gasteiger partial charge >= 0.3 is 0 Å². The fraction of sp³-hybridized carbons (Fsp3) is 0.273. The molecule has 12 heavy (non-hydrogen) atoms. The Labute approximate surface area is 73.1 Å². The molecule has 1 aromatic rings. The number of aryl methyl sites for hydroxylation is 1. The molecule has 0 aromatic heterocycles. The van der Waals surface area contributed by atoms with Gasteiger partial charge in [0.2, 0.25) is 0 Å². The highest BCUT2D eigenvalue weighted by molar-refractivity contribution is 5.34. The summed E-state index contributed by atoms with van der Waals surface area (Å²) in [6, 6.07) is 9.11. The molecule has 0 saturated heterocycles. The Balaban J connectivity index is 2.29. The second-order valence-electron chi connectivity index (χ2n) is 3.16. The molecule has 1 aliphatic carbocycles. The van der Waals surface area contributed by atoms with Gasteiger partial charge in [-0.2, -0.15) is 0 Å². The Hall–Kier alpha value is -1.24. The molecule has 0 spiro atoms. The normalized spacial score (nSPS) is 20.2. The lowest BCUT2D eigenvalue weighted by Crippen LogP contribution is -2.11. The van der Waals surface area contributed by atoms with Crippen LogP contribution in [0.3, 0.4) is 0 Å². The van der Waals surface area contributed by atoms with Gasteiger partial charge in [0.15, 0.2) is 0 Å². The summed E-state index contributed by atoms with van der Waals surface area (Å²) < 4.78 is 0. The summed E-state index contributed by atoms with van der Waals surface area (Å²) >= 11 is 0. The first-order chi connectivity index (χ1) is 5.92. The lowest BCUT2D eigenvalue weighted by molar-refractivity contribution is 0.617. The van der Waals surface area contributed by atoms with E-state index < -0.39 is 0 Å². The first-order valence-corrected chi connectivity index (χ1v) is 4.36. The van der Waals surface area contributed by atoms with Crippen molar-refractivity contribution in [3.8, 4) is 0 Å². The molecule has 1 aliphatic rings. The van der Waals surface area contributed by atoms with E-state index in [1.807, 2.05) is 0 Å². The third-order valence-corrected chi connectivity index (χ3v) is 2.45. The molecule has 1 heteroatoms. The van der Waals surface area contributed by atoms with E-state index in [0.717, 1.165) is 0 Å². The van der Waals surface area contributed by atoms with E-state index in [9.17, 15) is 0 Å². The molecule has 2 rings (SSSR count). The van der Waals surface area contributed by atoms with Gasteiger partial charge in [0.25, 0.3) is 0 Å². The molecular weight excluding hydrogens is 146 g/mol. The van der Waals surface area contributed by atoms with Crippen LogP contribution in [0.2, 0.25) is 0 Å². The van der Waals surface area contributed by atoms with Crippen LogP contribution in [-0.4, -0.2) is 0 Å². The maximum atomic E-state index is 3.69. The van der Waals surface area contributed by atoms with Crippen LogP contribution < -0.4 is 5.32 Å². The Morgan fingerprint density at radius 1 is 1.42 bits per heavy atom. The molecule has 0 saturated carbocycles. The summed E-state index contributed by atoms with van der Waals surface area (Å²) in [6.45, 7) is 3.69. The zero-order chi connectivity index (χ0) is 8.39. The van der Waals surface area contributed by atoms with Crippen LogP contribution >= 0.6 is 0 Å². The lowest BCUT2D eigenvalue weighted by atomic mass is 10.1. The second kappa shape index (κ2) is 3.02. The molecule has 0 radical (unpaired) electrons. The van der Waals surface area contributed by atoms with Crippen LogP contribution in [0.4, 0.5) is 0 Å². The van der Waals surface area contributed by atoms with E-state index >= 15 is 0 Å². The van der Waals surface area contributed by atoms with Crippen LogP contribution in [-0.2, 0) is 6.42 Å². The smallest absolute Gasteiger partial charge is 0.0514 e. The zero-order valence-corrected chi connectivity index (χ0v) is 7.09. The lowest BCUT2D eigenvalue weighted by Gasteiger charge is -2.10. The molecule has 0 fully saturated rings. The van der Waals surface area contributed by atoms with E-state index in [1.54, 1.807) is 6.20 Å². The number of hydrogen-bond acceptors (Lipinski definition) is 1. The first kappa shape index (κ1) is 7.41. The molecule has 1 nitrogen and oxygen atoms in total. The van der Waals surface area contributed by atoms with Crippen molar-refractivity contribution in [2.75, 3.05) is 0 Å². The summed E-state index contributed by atoms with van der Waals surface area (Å²) in [6.07, 6.45) is 4.18. The number of hydrogen-bond donors (Lipinski definition) is 1. The highest BCUT2D eigenvalue weighted by atomic mass is 14.9. The monoisotopic (exact) mass is 159 g/mol. The van der Waals surface area contributed by atoms with E-state index in [0.29, 0.717) is 6.04 Å². The zero-order valence-electron chi connectivity index (χ0n) is 7.09. The number of nitrogens with one attached hydrogen (secondary N) is 1. The van der Waals surface area contributed by atoms with E-state index in [4.69, 9.17) is 0 Å². The molecule has 62 valence electrons. The molecule has 0 heterocycles. The number of fused-ring (bicyclic) bond motifs is 1. The van der Waals surface area contributed by atoms with Crippen LogP contribution in [0.15, 0.2) is 37.0 Å². The molecule has 1 N–H and O–H groups in total. The van der Waals surface area contributed by atoms with Crippen molar-refractivity contribution < 1.29 is 0 Å². The molecule has 0 aliphatic heterocycles. The van der Waals surface area contributed by atoms with Gasteiger partial charge in [-0.25, -0.2) is 0 Å². The van der Waals surface area contributed by atoms with E-state index in [2.05, 4.69) is 36.2 Å². The average molecular weight is 159 g/mol. The van der Waals surface area contributed by atoms with Gasteiger partial charge in [0.05, 0.1) is 6.04 Å². The van der Waals surface area contributed by atoms with Crippen molar-refractivity contribution in [1.29, 1.82) is 0 Å². The van der Waals surface area contributed by atoms with Gasteiger partial charge in [-0.3, -0.25) is 0 Å². The van der Waals surface area contributed by atoms with Crippen molar-refractivity contribution in [2.24, 2.45) is 0 Å². The van der Waals surface area contributed by atoms with Crippen molar-refractivity contribution in [3.05, 3.63) is 48.2 Å². The molecule has 0 bridgehead atoms. The number of rotatable bonds is 2. The van der Waals surface area contributed by atoms with Gasteiger partial charge in [-0.1, -0.05) is 30.8 Å². The van der Waals surface area contributed by atoms with Gasteiger partial charge < -0.3 is 5.32 Å².